The predicted molar refractivity (Wildman–Crippen MR) is 87.4 cm³/mol. The van der Waals surface area contributed by atoms with E-state index in [1.807, 2.05) is 4.57 Å². The van der Waals surface area contributed by atoms with Crippen molar-refractivity contribution in [2.45, 2.75) is 38.5 Å². The van der Waals surface area contributed by atoms with Crippen LogP contribution in [0.1, 0.15) is 42.6 Å². The van der Waals surface area contributed by atoms with Gasteiger partial charge in [-0.2, -0.15) is 0 Å². The lowest BCUT2D eigenvalue weighted by atomic mass is 10.1. The van der Waals surface area contributed by atoms with Gasteiger partial charge in [0.25, 0.3) is 0 Å². The fourth-order valence-electron chi connectivity index (χ4n) is 3.19. The highest BCUT2D eigenvalue weighted by Gasteiger charge is 2.40. The highest BCUT2D eigenvalue weighted by molar-refractivity contribution is 7.10. The molecule has 6 heteroatoms. The summed E-state index contributed by atoms with van der Waals surface area (Å²) in [5.41, 5.74) is 1.41. The zero-order valence-electron chi connectivity index (χ0n) is 13.0. The van der Waals surface area contributed by atoms with Crippen LogP contribution in [-0.2, 0) is 11.3 Å². The molecule has 0 aromatic carbocycles. The average molecular weight is 327 g/mol. The normalized spacial score (nSPS) is 20.3. The summed E-state index contributed by atoms with van der Waals surface area (Å²) in [6.07, 6.45) is 2.30. The summed E-state index contributed by atoms with van der Waals surface area (Å²) >= 11 is 1.70. The van der Waals surface area contributed by atoms with Gasteiger partial charge in [0, 0.05) is 24.4 Å². The molecule has 4 rings (SSSR count). The zero-order valence-corrected chi connectivity index (χ0v) is 13.9. The number of aromatic nitrogens is 2. The van der Waals surface area contributed by atoms with Gasteiger partial charge < -0.3 is 5.11 Å². The lowest BCUT2D eigenvalue weighted by Crippen LogP contribution is -2.25. The molecule has 0 bridgehead atoms. The van der Waals surface area contributed by atoms with E-state index in [1.165, 1.54) is 4.88 Å². The van der Waals surface area contributed by atoms with E-state index in [9.17, 15) is 9.90 Å². The molecule has 0 spiro atoms. The summed E-state index contributed by atoms with van der Waals surface area (Å²) in [5, 5.41) is 11.9. The Hall–Kier alpha value is -1.94. The molecule has 1 saturated heterocycles. The molecule has 2 aromatic rings. The van der Waals surface area contributed by atoms with Crippen molar-refractivity contribution in [2.75, 3.05) is 6.54 Å². The first-order valence-electron chi connectivity index (χ1n) is 7.60. The summed E-state index contributed by atoms with van der Waals surface area (Å²) in [4.78, 5) is 20.3. The Kier molecular flexibility index (Phi) is 3.20. The minimum absolute atomic E-state index is 0.216. The number of nitrogens with zero attached hydrogens (tertiary/aromatic N) is 3. The van der Waals surface area contributed by atoms with Gasteiger partial charge in [0.15, 0.2) is 5.78 Å². The minimum atomic E-state index is -1.09. The molecule has 118 valence electrons. The van der Waals surface area contributed by atoms with Crippen molar-refractivity contribution >= 4 is 17.1 Å². The third-order valence-corrected chi connectivity index (χ3v) is 5.09. The number of carbonyl (C=O) groups excluding carboxylic acids is 1. The Morgan fingerprint density at radius 2 is 2.30 bits per heavy atom. The fraction of sp³-hybridized carbons (Fsp3) is 0.412. The van der Waals surface area contributed by atoms with E-state index in [0.29, 0.717) is 12.1 Å². The van der Waals surface area contributed by atoms with E-state index in [-0.39, 0.29) is 11.8 Å². The SMILES string of the molecule is CC(C)(O)C#Cc1ncn2c1[C@H]1C(=O)CCN1Cc1sccc1-2. The Bertz CT molecular complexity index is 847. The first-order chi connectivity index (χ1) is 10.9. The van der Waals surface area contributed by atoms with Crippen LogP contribution in [0, 0.1) is 11.8 Å². The fourth-order valence-corrected chi connectivity index (χ4v) is 4.08. The van der Waals surface area contributed by atoms with Crippen LogP contribution in [0.4, 0.5) is 0 Å². The minimum Gasteiger partial charge on any atom is -0.378 e. The number of fused-ring (bicyclic) bond motifs is 5. The molecule has 0 unspecified atom stereocenters. The molecular formula is C17H17N3O2S. The number of imidazole rings is 1. The Morgan fingerprint density at radius 3 is 3.09 bits per heavy atom. The average Bonchev–Trinajstić information content (AvgIpc) is 3.14. The Balaban J connectivity index is 1.92. The van der Waals surface area contributed by atoms with Gasteiger partial charge in [-0.05, 0) is 31.2 Å². The van der Waals surface area contributed by atoms with E-state index < -0.39 is 5.60 Å². The van der Waals surface area contributed by atoms with E-state index in [0.717, 1.165) is 24.5 Å². The van der Waals surface area contributed by atoms with Crippen molar-refractivity contribution in [3.05, 3.63) is 34.0 Å². The Labute approximate surface area is 138 Å². The van der Waals surface area contributed by atoms with Crippen LogP contribution in [0.15, 0.2) is 17.8 Å². The number of aliphatic hydroxyl groups is 1. The van der Waals surface area contributed by atoms with Gasteiger partial charge in [-0.15, -0.1) is 11.3 Å². The van der Waals surface area contributed by atoms with E-state index in [2.05, 4.69) is 33.2 Å². The van der Waals surface area contributed by atoms with E-state index in [4.69, 9.17) is 0 Å². The second kappa shape index (κ2) is 5.03. The molecule has 4 heterocycles. The first kappa shape index (κ1) is 14.6. The molecule has 2 aromatic heterocycles. The van der Waals surface area contributed by atoms with Crippen LogP contribution in [-0.4, -0.2) is 37.5 Å². The number of Topliss-reactive ketones (excluding diaryl/α,β-unsaturated/α-hetero) is 1. The second-order valence-corrected chi connectivity index (χ2v) is 7.48. The number of rotatable bonds is 0. The van der Waals surface area contributed by atoms with Crippen LogP contribution in [0.2, 0.25) is 0 Å². The third-order valence-electron chi connectivity index (χ3n) is 4.19. The molecule has 0 radical (unpaired) electrons. The molecule has 2 aliphatic heterocycles. The van der Waals surface area contributed by atoms with Crippen molar-refractivity contribution < 1.29 is 9.90 Å². The van der Waals surface area contributed by atoms with Gasteiger partial charge in [0.05, 0.1) is 11.4 Å². The molecule has 1 N–H and O–H groups in total. The second-order valence-electron chi connectivity index (χ2n) is 6.48. The van der Waals surface area contributed by atoms with Gasteiger partial charge in [-0.1, -0.05) is 5.92 Å². The Morgan fingerprint density at radius 1 is 1.48 bits per heavy atom. The lowest BCUT2D eigenvalue weighted by molar-refractivity contribution is -0.120. The standard InChI is InChI=1S/C17H17N3O2S/c1-17(2,22)6-3-11-15-16-13(21)4-7-19(16)9-14-12(5-8-23-14)20(15)10-18-11/h5,8,10,16,22H,4,7,9H2,1-2H3/t16-/m1/s1. The molecule has 0 amide bonds. The van der Waals surface area contributed by atoms with Crippen LogP contribution < -0.4 is 0 Å². The molecule has 2 aliphatic rings. The molecular weight excluding hydrogens is 310 g/mol. The maximum Gasteiger partial charge on any atom is 0.157 e. The maximum absolute atomic E-state index is 12.5. The molecule has 5 nitrogen and oxygen atoms in total. The number of ketones is 1. The number of thiophene rings is 1. The van der Waals surface area contributed by atoms with E-state index in [1.54, 1.807) is 31.5 Å². The van der Waals surface area contributed by atoms with Crippen LogP contribution in [0.5, 0.6) is 0 Å². The summed E-state index contributed by atoms with van der Waals surface area (Å²) in [5.74, 6) is 6.00. The number of hydrogen-bond acceptors (Lipinski definition) is 5. The van der Waals surface area contributed by atoms with Gasteiger partial charge >= 0.3 is 0 Å². The highest BCUT2D eigenvalue weighted by atomic mass is 32.1. The summed E-state index contributed by atoms with van der Waals surface area (Å²) < 4.78 is 1.99. The van der Waals surface area contributed by atoms with Gasteiger partial charge in [0.2, 0.25) is 0 Å². The van der Waals surface area contributed by atoms with Crippen LogP contribution >= 0.6 is 11.3 Å². The summed E-state index contributed by atoms with van der Waals surface area (Å²) in [7, 11) is 0. The smallest absolute Gasteiger partial charge is 0.157 e. The first-order valence-corrected chi connectivity index (χ1v) is 8.48. The lowest BCUT2D eigenvalue weighted by Gasteiger charge is -2.20. The van der Waals surface area contributed by atoms with Crippen molar-refractivity contribution in [1.82, 2.24) is 14.5 Å². The number of hydrogen-bond donors (Lipinski definition) is 1. The summed E-state index contributed by atoms with van der Waals surface area (Å²) in [6, 6.07) is 1.77. The van der Waals surface area contributed by atoms with Crippen LogP contribution in [0.25, 0.3) is 5.69 Å². The molecule has 1 atom stereocenters. The quantitative estimate of drug-likeness (QED) is 0.751. The van der Waals surface area contributed by atoms with Crippen molar-refractivity contribution in [3.63, 3.8) is 0 Å². The van der Waals surface area contributed by atoms with Crippen molar-refractivity contribution in [2.24, 2.45) is 0 Å². The highest BCUT2D eigenvalue weighted by Crippen LogP contribution is 2.39. The van der Waals surface area contributed by atoms with Gasteiger partial charge in [-0.3, -0.25) is 14.3 Å². The largest absolute Gasteiger partial charge is 0.378 e. The zero-order chi connectivity index (χ0) is 16.2. The van der Waals surface area contributed by atoms with Gasteiger partial charge in [0.1, 0.15) is 23.7 Å². The monoisotopic (exact) mass is 327 g/mol. The number of carbonyl (C=O) groups is 1. The van der Waals surface area contributed by atoms with Crippen molar-refractivity contribution in [1.29, 1.82) is 0 Å². The van der Waals surface area contributed by atoms with Crippen LogP contribution in [0.3, 0.4) is 0 Å². The third kappa shape index (κ3) is 2.41. The predicted octanol–water partition coefficient (Wildman–Crippen LogP) is 1.89. The molecule has 1 fully saturated rings. The molecule has 23 heavy (non-hydrogen) atoms. The molecule has 0 saturated carbocycles. The molecule has 0 aliphatic carbocycles. The summed E-state index contributed by atoms with van der Waals surface area (Å²) in [6.45, 7) is 4.82. The maximum atomic E-state index is 12.5. The van der Waals surface area contributed by atoms with E-state index >= 15 is 0 Å². The topological polar surface area (TPSA) is 58.4 Å². The van der Waals surface area contributed by atoms with Crippen molar-refractivity contribution in [3.8, 4) is 17.5 Å². The van der Waals surface area contributed by atoms with Gasteiger partial charge in [-0.25, -0.2) is 4.98 Å².